The van der Waals surface area contributed by atoms with Crippen LogP contribution in [0, 0.1) is 0 Å². The van der Waals surface area contributed by atoms with Crippen molar-refractivity contribution in [2.45, 2.75) is 19.8 Å². The summed E-state index contributed by atoms with van der Waals surface area (Å²) in [5, 5.41) is 20.9. The number of unbranched alkanes of at least 4 members (excludes halogenated alkanes) is 1. The summed E-state index contributed by atoms with van der Waals surface area (Å²) in [6, 6.07) is 4.38. The van der Waals surface area contributed by atoms with Crippen molar-refractivity contribution in [2.24, 2.45) is 0 Å². The summed E-state index contributed by atoms with van der Waals surface area (Å²) in [5.74, 6) is -0.209. The minimum absolute atomic E-state index is 0.170. The predicted molar refractivity (Wildman–Crippen MR) is 68.5 cm³/mol. The van der Waals surface area contributed by atoms with Crippen LogP contribution in [0.1, 0.15) is 30.1 Å². The monoisotopic (exact) mass is 255 g/mol. The highest BCUT2D eigenvalue weighted by Gasteiger charge is 2.16. The van der Waals surface area contributed by atoms with Gasteiger partial charge in [0.1, 0.15) is 0 Å². The Hall–Kier alpha value is -1.04. The summed E-state index contributed by atoms with van der Waals surface area (Å²) in [5.41, 5.74) is 0.604. The van der Waals surface area contributed by atoms with Crippen molar-refractivity contribution >= 4 is 30.1 Å². The van der Waals surface area contributed by atoms with E-state index in [9.17, 15) is 4.79 Å². The van der Waals surface area contributed by atoms with Crippen molar-refractivity contribution in [3.63, 3.8) is 0 Å². The summed E-state index contributed by atoms with van der Waals surface area (Å²) in [6.07, 6.45) is 1.93. The highest BCUT2D eigenvalue weighted by Crippen LogP contribution is 2.09. The molecule has 0 fully saturated rings. The molecule has 1 amide bonds. The lowest BCUT2D eigenvalue weighted by Gasteiger charge is -2.07. The highest BCUT2D eigenvalue weighted by molar-refractivity contribution is 6.62. The fraction of sp³-hybridized carbons (Fsp3) is 0.364. The van der Waals surface area contributed by atoms with Crippen LogP contribution < -0.4 is 10.8 Å². The Morgan fingerprint density at radius 3 is 2.71 bits per heavy atom. The van der Waals surface area contributed by atoms with Gasteiger partial charge in [-0.15, -0.1) is 0 Å². The molecular formula is C11H15BClNO3. The number of rotatable bonds is 5. The molecule has 17 heavy (non-hydrogen) atoms. The molecule has 1 aromatic rings. The van der Waals surface area contributed by atoms with Crippen molar-refractivity contribution in [3.8, 4) is 0 Å². The van der Waals surface area contributed by atoms with Gasteiger partial charge in [0.25, 0.3) is 5.91 Å². The second-order valence-electron chi connectivity index (χ2n) is 3.72. The lowest BCUT2D eigenvalue weighted by molar-refractivity contribution is 0.0953. The van der Waals surface area contributed by atoms with Gasteiger partial charge in [0.05, 0.1) is 0 Å². The van der Waals surface area contributed by atoms with Crippen LogP contribution in [-0.2, 0) is 0 Å². The van der Waals surface area contributed by atoms with Gasteiger partial charge in [-0.3, -0.25) is 4.79 Å². The Morgan fingerprint density at radius 1 is 1.47 bits per heavy atom. The van der Waals surface area contributed by atoms with Crippen LogP contribution in [0.3, 0.4) is 0 Å². The zero-order valence-electron chi connectivity index (χ0n) is 9.61. The van der Waals surface area contributed by atoms with Crippen LogP contribution in [-0.4, -0.2) is 29.6 Å². The third-order valence-corrected chi connectivity index (χ3v) is 2.68. The summed E-state index contributed by atoms with van der Waals surface area (Å²) in [4.78, 5) is 11.7. The van der Waals surface area contributed by atoms with Crippen LogP contribution in [0.15, 0.2) is 18.2 Å². The van der Waals surface area contributed by atoms with E-state index < -0.39 is 7.12 Å². The van der Waals surface area contributed by atoms with Crippen LogP contribution in [0.5, 0.6) is 0 Å². The van der Waals surface area contributed by atoms with Crippen molar-refractivity contribution in [2.75, 3.05) is 6.54 Å². The number of carbonyl (C=O) groups excluding carboxylic acids is 1. The van der Waals surface area contributed by atoms with Gasteiger partial charge in [0, 0.05) is 22.6 Å². The van der Waals surface area contributed by atoms with E-state index in [-0.39, 0.29) is 16.4 Å². The molecule has 0 bridgehead atoms. The normalized spacial score (nSPS) is 10.1. The maximum absolute atomic E-state index is 11.7. The standard InChI is InChI=1S/C11H15BClNO3/c1-2-3-6-14-11(15)8-4-5-9(12(16)17)10(13)7-8/h4-5,7,16-17H,2-3,6H2,1H3,(H,14,15). The van der Waals surface area contributed by atoms with Crippen molar-refractivity contribution in [1.29, 1.82) is 0 Å². The lowest BCUT2D eigenvalue weighted by Crippen LogP contribution is -2.31. The zero-order valence-corrected chi connectivity index (χ0v) is 10.4. The van der Waals surface area contributed by atoms with Gasteiger partial charge in [-0.05, 0) is 18.6 Å². The Morgan fingerprint density at radius 2 is 2.18 bits per heavy atom. The van der Waals surface area contributed by atoms with Gasteiger partial charge >= 0.3 is 7.12 Å². The Balaban J connectivity index is 2.72. The highest BCUT2D eigenvalue weighted by atomic mass is 35.5. The largest absolute Gasteiger partial charge is 0.489 e. The fourth-order valence-corrected chi connectivity index (χ4v) is 1.64. The molecule has 0 saturated heterocycles. The first-order valence-electron chi connectivity index (χ1n) is 5.50. The van der Waals surface area contributed by atoms with E-state index in [1.807, 2.05) is 6.92 Å². The van der Waals surface area contributed by atoms with Gasteiger partial charge in [-0.1, -0.05) is 31.0 Å². The van der Waals surface area contributed by atoms with E-state index in [2.05, 4.69) is 5.32 Å². The first kappa shape index (κ1) is 14.0. The van der Waals surface area contributed by atoms with Crippen LogP contribution in [0.2, 0.25) is 5.02 Å². The van der Waals surface area contributed by atoms with Crippen molar-refractivity contribution in [1.82, 2.24) is 5.32 Å². The number of amides is 1. The molecule has 0 unspecified atom stereocenters. The van der Waals surface area contributed by atoms with E-state index >= 15 is 0 Å². The van der Waals surface area contributed by atoms with Gasteiger partial charge in [0.2, 0.25) is 0 Å². The molecule has 0 aromatic heterocycles. The van der Waals surface area contributed by atoms with Gasteiger partial charge in [0.15, 0.2) is 0 Å². The molecule has 0 saturated carbocycles. The van der Waals surface area contributed by atoms with Crippen molar-refractivity contribution < 1.29 is 14.8 Å². The Kier molecular flexibility index (Phi) is 5.48. The number of nitrogens with one attached hydrogen (secondary N) is 1. The fourth-order valence-electron chi connectivity index (χ4n) is 1.36. The smallest absolute Gasteiger partial charge is 0.423 e. The SMILES string of the molecule is CCCCNC(=O)c1ccc(B(O)O)c(Cl)c1. The molecule has 3 N–H and O–H groups in total. The van der Waals surface area contributed by atoms with Gasteiger partial charge in [-0.2, -0.15) is 0 Å². The minimum atomic E-state index is -1.63. The molecule has 0 aliphatic rings. The molecule has 0 spiro atoms. The van der Waals surface area contributed by atoms with E-state index in [4.69, 9.17) is 21.6 Å². The first-order chi connectivity index (χ1) is 8.06. The lowest BCUT2D eigenvalue weighted by atomic mass is 9.80. The van der Waals surface area contributed by atoms with Gasteiger partial charge in [-0.25, -0.2) is 0 Å². The minimum Gasteiger partial charge on any atom is -0.423 e. The second-order valence-corrected chi connectivity index (χ2v) is 4.13. The first-order valence-corrected chi connectivity index (χ1v) is 5.87. The quantitative estimate of drug-likeness (QED) is 0.532. The molecule has 1 rings (SSSR count). The molecule has 0 atom stereocenters. The number of halogens is 1. The number of carbonyl (C=O) groups is 1. The van der Waals surface area contributed by atoms with Crippen LogP contribution >= 0.6 is 11.6 Å². The Bertz CT molecular complexity index is 398. The molecule has 0 aliphatic carbocycles. The summed E-state index contributed by atoms with van der Waals surface area (Å²) >= 11 is 5.83. The number of benzene rings is 1. The average molecular weight is 256 g/mol. The molecule has 0 heterocycles. The summed E-state index contributed by atoms with van der Waals surface area (Å²) < 4.78 is 0. The number of hydrogen-bond donors (Lipinski definition) is 3. The maximum Gasteiger partial charge on any atom is 0.489 e. The van der Waals surface area contributed by atoms with Crippen molar-refractivity contribution in [3.05, 3.63) is 28.8 Å². The molecule has 1 aromatic carbocycles. The number of hydrogen-bond acceptors (Lipinski definition) is 3. The molecular weight excluding hydrogens is 240 g/mol. The molecule has 0 aliphatic heterocycles. The molecule has 0 radical (unpaired) electrons. The molecule has 92 valence electrons. The van der Waals surface area contributed by atoms with E-state index in [0.717, 1.165) is 12.8 Å². The average Bonchev–Trinajstić information content (AvgIpc) is 2.28. The molecule has 4 nitrogen and oxygen atoms in total. The maximum atomic E-state index is 11.7. The van der Waals surface area contributed by atoms with Crippen LogP contribution in [0.25, 0.3) is 0 Å². The van der Waals surface area contributed by atoms with E-state index in [1.54, 1.807) is 0 Å². The zero-order chi connectivity index (χ0) is 12.8. The third kappa shape index (κ3) is 4.04. The van der Waals surface area contributed by atoms with Crippen LogP contribution in [0.4, 0.5) is 0 Å². The molecule has 6 heteroatoms. The van der Waals surface area contributed by atoms with Gasteiger partial charge < -0.3 is 15.4 Å². The summed E-state index contributed by atoms with van der Waals surface area (Å²) in [6.45, 7) is 2.66. The predicted octanol–water partition coefficient (Wildman–Crippen LogP) is 0.550. The van der Waals surface area contributed by atoms with E-state index in [0.29, 0.717) is 12.1 Å². The Labute approximate surface area is 106 Å². The summed E-state index contributed by atoms with van der Waals surface area (Å²) in [7, 11) is -1.63. The second kappa shape index (κ2) is 6.64. The third-order valence-electron chi connectivity index (χ3n) is 2.36. The topological polar surface area (TPSA) is 69.6 Å². The van der Waals surface area contributed by atoms with E-state index in [1.165, 1.54) is 18.2 Å².